The minimum Gasteiger partial charge on any atom is -0.376 e. The third-order valence-corrected chi connectivity index (χ3v) is 6.18. The van der Waals surface area contributed by atoms with E-state index in [1.807, 2.05) is 56.3 Å². The quantitative estimate of drug-likeness (QED) is 0.580. The molecule has 1 aliphatic heterocycles. The van der Waals surface area contributed by atoms with E-state index in [0.717, 1.165) is 41.8 Å². The van der Waals surface area contributed by atoms with Crippen molar-refractivity contribution in [1.29, 1.82) is 0 Å². The zero-order valence-electron chi connectivity index (χ0n) is 17.1. The molecule has 0 aliphatic carbocycles. The number of thioether (sulfide) groups is 1. The van der Waals surface area contributed by atoms with Gasteiger partial charge < -0.3 is 10.1 Å². The van der Waals surface area contributed by atoms with Crippen molar-refractivity contribution in [1.82, 2.24) is 20.2 Å². The summed E-state index contributed by atoms with van der Waals surface area (Å²) in [5.74, 6) is -0.108. The highest BCUT2D eigenvalue weighted by molar-refractivity contribution is 8.00. The van der Waals surface area contributed by atoms with Gasteiger partial charge in [0, 0.05) is 12.3 Å². The minimum absolute atomic E-state index is 0.108. The fourth-order valence-corrected chi connectivity index (χ4v) is 4.62. The second-order valence-electron chi connectivity index (χ2n) is 7.55. The highest BCUT2D eigenvalue weighted by Gasteiger charge is 2.26. The smallest absolute Gasteiger partial charge is 0.242 e. The molecule has 2 atom stereocenters. The first-order valence-corrected chi connectivity index (χ1v) is 10.9. The van der Waals surface area contributed by atoms with Gasteiger partial charge in [0.1, 0.15) is 5.25 Å². The van der Waals surface area contributed by atoms with Crippen LogP contribution in [0.4, 0.5) is 5.69 Å². The number of aromatic nitrogens is 4. The number of hydrogen-bond donors (Lipinski definition) is 1. The summed E-state index contributed by atoms with van der Waals surface area (Å²) in [6.07, 6.45) is 2.17. The van der Waals surface area contributed by atoms with Gasteiger partial charge in [-0.05, 0) is 65.9 Å². The van der Waals surface area contributed by atoms with Crippen molar-refractivity contribution in [3.05, 3.63) is 65.2 Å². The largest absolute Gasteiger partial charge is 0.376 e. The molecule has 30 heavy (non-hydrogen) atoms. The van der Waals surface area contributed by atoms with E-state index in [2.05, 4.69) is 26.9 Å². The van der Waals surface area contributed by atoms with Crippen LogP contribution in [0.25, 0.3) is 0 Å². The SMILES string of the molecule is Cc1cc(C)cc(NC(=O)[C@@H](Sc2nnnn2C[C@@H]2CCCO2)c2ccccc2)c1. The lowest BCUT2D eigenvalue weighted by molar-refractivity contribution is -0.115. The lowest BCUT2D eigenvalue weighted by Gasteiger charge is -2.17. The molecule has 2 heterocycles. The summed E-state index contributed by atoms with van der Waals surface area (Å²) in [5, 5.41) is 15.3. The van der Waals surface area contributed by atoms with Crippen LogP contribution in [0, 0.1) is 13.8 Å². The molecule has 1 aliphatic rings. The van der Waals surface area contributed by atoms with Crippen molar-refractivity contribution in [3.63, 3.8) is 0 Å². The standard InChI is InChI=1S/C22H25N5O2S/c1-15-11-16(2)13-18(12-15)23-21(28)20(17-7-4-3-5-8-17)30-22-24-25-26-27(22)14-19-9-6-10-29-19/h3-5,7-8,11-13,19-20H,6,9-10,14H2,1-2H3,(H,23,28)/t19-,20-/m0/s1. The van der Waals surface area contributed by atoms with Crippen LogP contribution in [0.3, 0.4) is 0 Å². The van der Waals surface area contributed by atoms with Crippen LogP contribution >= 0.6 is 11.8 Å². The Morgan fingerprint density at radius 1 is 1.23 bits per heavy atom. The first-order valence-electron chi connectivity index (χ1n) is 10.1. The van der Waals surface area contributed by atoms with Gasteiger partial charge in [-0.3, -0.25) is 4.79 Å². The second-order valence-corrected chi connectivity index (χ2v) is 8.63. The lowest BCUT2D eigenvalue weighted by atomic mass is 10.1. The number of carbonyl (C=O) groups excluding carboxylic acids is 1. The number of carbonyl (C=O) groups is 1. The Hall–Kier alpha value is -2.71. The minimum atomic E-state index is -0.485. The van der Waals surface area contributed by atoms with Gasteiger partial charge in [-0.25, -0.2) is 4.68 Å². The molecule has 1 N–H and O–H groups in total. The van der Waals surface area contributed by atoms with Crippen molar-refractivity contribution in [3.8, 4) is 0 Å². The topological polar surface area (TPSA) is 81.9 Å². The normalized spacial score (nSPS) is 17.1. The average molecular weight is 424 g/mol. The van der Waals surface area contributed by atoms with Gasteiger partial charge in [0.05, 0.1) is 12.6 Å². The van der Waals surface area contributed by atoms with Gasteiger partial charge in [0.15, 0.2) is 0 Å². The van der Waals surface area contributed by atoms with Crippen LogP contribution in [-0.4, -0.2) is 38.8 Å². The molecule has 156 valence electrons. The Morgan fingerprint density at radius 2 is 2.00 bits per heavy atom. The molecule has 0 saturated carbocycles. The van der Waals surface area contributed by atoms with E-state index in [-0.39, 0.29) is 12.0 Å². The maximum absolute atomic E-state index is 13.3. The van der Waals surface area contributed by atoms with Gasteiger partial charge in [-0.2, -0.15) is 0 Å². The van der Waals surface area contributed by atoms with E-state index in [1.165, 1.54) is 11.8 Å². The number of amides is 1. The highest BCUT2D eigenvalue weighted by atomic mass is 32.2. The number of benzene rings is 2. The van der Waals surface area contributed by atoms with Crippen molar-refractivity contribution < 1.29 is 9.53 Å². The molecule has 4 rings (SSSR count). The van der Waals surface area contributed by atoms with E-state index >= 15 is 0 Å². The molecule has 8 heteroatoms. The predicted molar refractivity (Wildman–Crippen MR) is 116 cm³/mol. The monoisotopic (exact) mass is 423 g/mol. The maximum Gasteiger partial charge on any atom is 0.242 e. The summed E-state index contributed by atoms with van der Waals surface area (Å²) in [6.45, 7) is 5.41. The molecule has 1 saturated heterocycles. The van der Waals surface area contributed by atoms with Crippen LogP contribution in [0.1, 0.15) is 34.8 Å². The second kappa shape index (κ2) is 9.40. The van der Waals surface area contributed by atoms with E-state index in [9.17, 15) is 4.79 Å². The number of rotatable bonds is 7. The first-order chi connectivity index (χ1) is 14.6. The number of anilines is 1. The fraction of sp³-hybridized carbons (Fsp3) is 0.364. The fourth-order valence-electron chi connectivity index (χ4n) is 3.64. The Labute approximate surface area is 180 Å². The Bertz CT molecular complexity index is 982. The van der Waals surface area contributed by atoms with Gasteiger partial charge in [0.25, 0.3) is 0 Å². The molecule has 1 amide bonds. The molecule has 0 unspecified atom stereocenters. The van der Waals surface area contributed by atoms with Crippen molar-refractivity contribution in [2.45, 2.75) is 49.7 Å². The molecule has 0 spiro atoms. The number of hydrogen-bond acceptors (Lipinski definition) is 6. The third-order valence-electron chi connectivity index (χ3n) is 4.95. The molecule has 7 nitrogen and oxygen atoms in total. The van der Waals surface area contributed by atoms with Crippen LogP contribution in [0.2, 0.25) is 0 Å². The van der Waals surface area contributed by atoms with E-state index in [0.29, 0.717) is 11.7 Å². The summed E-state index contributed by atoms with van der Waals surface area (Å²) < 4.78 is 7.45. The van der Waals surface area contributed by atoms with Crippen molar-refractivity contribution in [2.75, 3.05) is 11.9 Å². The summed E-state index contributed by atoms with van der Waals surface area (Å²) in [6, 6.07) is 15.7. The number of tetrazole rings is 1. The number of ether oxygens (including phenoxy) is 1. The Morgan fingerprint density at radius 3 is 2.70 bits per heavy atom. The third kappa shape index (κ3) is 5.06. The number of nitrogens with zero attached hydrogens (tertiary/aromatic N) is 4. The van der Waals surface area contributed by atoms with E-state index in [1.54, 1.807) is 4.68 Å². The maximum atomic E-state index is 13.3. The Kier molecular flexibility index (Phi) is 6.44. The summed E-state index contributed by atoms with van der Waals surface area (Å²) in [4.78, 5) is 13.3. The van der Waals surface area contributed by atoms with Crippen molar-refractivity contribution in [2.24, 2.45) is 0 Å². The summed E-state index contributed by atoms with van der Waals surface area (Å²) in [5.41, 5.74) is 3.90. The lowest BCUT2D eigenvalue weighted by Crippen LogP contribution is -2.21. The number of nitrogens with one attached hydrogen (secondary N) is 1. The highest BCUT2D eigenvalue weighted by Crippen LogP contribution is 2.35. The molecular weight excluding hydrogens is 398 g/mol. The van der Waals surface area contributed by atoms with Gasteiger partial charge in [-0.15, -0.1) is 5.10 Å². The molecule has 2 aromatic carbocycles. The van der Waals surface area contributed by atoms with Crippen LogP contribution in [0.15, 0.2) is 53.7 Å². The zero-order chi connectivity index (χ0) is 20.9. The summed E-state index contributed by atoms with van der Waals surface area (Å²) in [7, 11) is 0. The zero-order valence-corrected chi connectivity index (χ0v) is 17.9. The molecule has 3 aromatic rings. The van der Waals surface area contributed by atoms with Crippen LogP contribution in [0.5, 0.6) is 0 Å². The molecule has 0 radical (unpaired) electrons. The van der Waals surface area contributed by atoms with E-state index < -0.39 is 5.25 Å². The number of aryl methyl sites for hydroxylation is 2. The molecule has 1 aromatic heterocycles. The van der Waals surface area contributed by atoms with Gasteiger partial charge in [-0.1, -0.05) is 48.2 Å². The summed E-state index contributed by atoms with van der Waals surface area (Å²) >= 11 is 1.35. The molecule has 1 fully saturated rings. The van der Waals surface area contributed by atoms with Gasteiger partial charge in [0.2, 0.25) is 11.1 Å². The molecular formula is C22H25N5O2S. The van der Waals surface area contributed by atoms with Crippen LogP contribution in [-0.2, 0) is 16.1 Å². The predicted octanol–water partition coefficient (Wildman–Crippen LogP) is 3.94. The first kappa shape index (κ1) is 20.6. The van der Waals surface area contributed by atoms with Gasteiger partial charge >= 0.3 is 0 Å². The van der Waals surface area contributed by atoms with E-state index in [4.69, 9.17) is 4.74 Å². The van der Waals surface area contributed by atoms with Crippen LogP contribution < -0.4 is 5.32 Å². The Balaban J connectivity index is 1.56. The van der Waals surface area contributed by atoms with Crippen molar-refractivity contribution >= 4 is 23.4 Å². The average Bonchev–Trinajstić information content (AvgIpc) is 3.38. The molecule has 0 bridgehead atoms.